The van der Waals surface area contributed by atoms with E-state index in [0.29, 0.717) is 30.5 Å². The Balaban J connectivity index is 1.37. The van der Waals surface area contributed by atoms with Crippen molar-refractivity contribution in [1.29, 1.82) is 0 Å². The van der Waals surface area contributed by atoms with Crippen LogP contribution in [0.25, 0.3) is 11.1 Å². The van der Waals surface area contributed by atoms with E-state index >= 15 is 0 Å². The molecule has 0 aliphatic carbocycles. The lowest BCUT2D eigenvalue weighted by Crippen LogP contribution is -2.43. The molecule has 1 amide bonds. The van der Waals surface area contributed by atoms with Gasteiger partial charge in [-0.3, -0.25) is 4.79 Å². The number of carbonyl (C=O) groups excluding carboxylic acids is 1. The van der Waals surface area contributed by atoms with Crippen LogP contribution in [-0.4, -0.2) is 43.2 Å². The first kappa shape index (κ1) is 22.5. The summed E-state index contributed by atoms with van der Waals surface area (Å²) in [5.41, 5.74) is 2.36. The Hall–Kier alpha value is -3.68. The van der Waals surface area contributed by atoms with Crippen LogP contribution < -0.4 is 19.7 Å². The number of ether oxygens (including phenoxy) is 2. The molecule has 4 rings (SSSR count). The van der Waals surface area contributed by atoms with Crippen molar-refractivity contribution in [3.63, 3.8) is 0 Å². The van der Waals surface area contributed by atoms with E-state index in [1.165, 1.54) is 12.1 Å². The number of hydrogen-bond donors (Lipinski definition) is 1. The Labute approximate surface area is 192 Å². The molecule has 0 unspecified atom stereocenters. The molecule has 3 aromatic rings. The third kappa shape index (κ3) is 5.39. The Morgan fingerprint density at radius 2 is 1.94 bits per heavy atom. The largest absolute Gasteiger partial charge is 0.497 e. The summed E-state index contributed by atoms with van der Waals surface area (Å²) in [6.07, 6.45) is 5.07. The zero-order chi connectivity index (χ0) is 23.2. The first-order valence-corrected chi connectivity index (χ1v) is 10.9. The van der Waals surface area contributed by atoms with Crippen LogP contribution in [0.2, 0.25) is 0 Å². The van der Waals surface area contributed by atoms with Gasteiger partial charge in [-0.15, -0.1) is 0 Å². The molecule has 0 radical (unpaired) electrons. The van der Waals surface area contributed by atoms with Crippen molar-refractivity contribution in [2.45, 2.75) is 19.4 Å². The normalized spacial score (nSPS) is 15.7. The van der Waals surface area contributed by atoms with Gasteiger partial charge in [0, 0.05) is 49.2 Å². The molecule has 2 aromatic carbocycles. The standard InChI is InChI=1S/C25H27FN4O3/c1-32-22-9-8-18(23(12-22)33-2)13-27-24(31)19-6-4-10-30(16-19)25-28-14-20(15-29-25)17-5-3-7-21(26)11-17/h3,5,7-9,11-12,14-15,19H,4,6,10,13,16H2,1-2H3,(H,27,31)/t19-/m1/s1. The SMILES string of the molecule is COc1ccc(CNC(=O)[C@@H]2CCCN(c3ncc(-c4cccc(F)c4)cn3)C2)c(OC)c1. The Bertz CT molecular complexity index is 1110. The molecule has 1 aliphatic heterocycles. The fourth-order valence-electron chi connectivity index (χ4n) is 4.00. The van der Waals surface area contributed by atoms with E-state index in [4.69, 9.17) is 9.47 Å². The number of benzene rings is 2. The van der Waals surface area contributed by atoms with Crippen molar-refractivity contribution in [3.05, 3.63) is 66.2 Å². The van der Waals surface area contributed by atoms with E-state index in [0.717, 1.165) is 36.1 Å². The third-order valence-corrected chi connectivity index (χ3v) is 5.82. The van der Waals surface area contributed by atoms with Gasteiger partial charge in [0.1, 0.15) is 17.3 Å². The molecule has 1 fully saturated rings. The summed E-state index contributed by atoms with van der Waals surface area (Å²) in [5, 5.41) is 3.03. The number of amides is 1. The lowest BCUT2D eigenvalue weighted by atomic mass is 9.97. The van der Waals surface area contributed by atoms with E-state index in [9.17, 15) is 9.18 Å². The van der Waals surface area contributed by atoms with Crippen LogP contribution in [-0.2, 0) is 11.3 Å². The molecule has 0 saturated carbocycles. The number of halogens is 1. The fourth-order valence-corrected chi connectivity index (χ4v) is 4.00. The lowest BCUT2D eigenvalue weighted by Gasteiger charge is -2.32. The number of hydrogen-bond acceptors (Lipinski definition) is 6. The predicted octanol–water partition coefficient (Wildman–Crippen LogP) is 3.83. The van der Waals surface area contributed by atoms with E-state index in [1.807, 2.05) is 23.1 Å². The van der Waals surface area contributed by atoms with Gasteiger partial charge in [-0.2, -0.15) is 0 Å². The smallest absolute Gasteiger partial charge is 0.225 e. The molecule has 172 valence electrons. The van der Waals surface area contributed by atoms with E-state index in [2.05, 4.69) is 15.3 Å². The second kappa shape index (κ2) is 10.3. The maximum atomic E-state index is 13.5. The molecular formula is C25H27FN4O3. The van der Waals surface area contributed by atoms with Crippen LogP contribution in [0.15, 0.2) is 54.9 Å². The lowest BCUT2D eigenvalue weighted by molar-refractivity contribution is -0.125. The summed E-state index contributed by atoms with van der Waals surface area (Å²) in [4.78, 5) is 23.8. The first-order chi connectivity index (χ1) is 16.1. The van der Waals surface area contributed by atoms with Crippen LogP contribution >= 0.6 is 0 Å². The van der Waals surface area contributed by atoms with Gasteiger partial charge in [0.15, 0.2) is 0 Å². The van der Waals surface area contributed by atoms with Crippen molar-refractivity contribution >= 4 is 11.9 Å². The van der Waals surface area contributed by atoms with Crippen LogP contribution in [0.1, 0.15) is 18.4 Å². The number of methoxy groups -OCH3 is 2. The Kier molecular flexibility index (Phi) is 7.02. The van der Waals surface area contributed by atoms with Crippen LogP contribution in [0.4, 0.5) is 10.3 Å². The van der Waals surface area contributed by atoms with Crippen molar-refractivity contribution < 1.29 is 18.7 Å². The average molecular weight is 451 g/mol. The van der Waals surface area contributed by atoms with Crippen LogP contribution in [0, 0.1) is 11.7 Å². The second-order valence-electron chi connectivity index (χ2n) is 7.96. The van der Waals surface area contributed by atoms with Crippen molar-refractivity contribution in [3.8, 4) is 22.6 Å². The quantitative estimate of drug-likeness (QED) is 0.590. The zero-order valence-electron chi connectivity index (χ0n) is 18.8. The van der Waals surface area contributed by atoms with E-state index in [-0.39, 0.29) is 17.6 Å². The molecule has 7 nitrogen and oxygen atoms in total. The summed E-state index contributed by atoms with van der Waals surface area (Å²) < 4.78 is 24.1. The molecule has 1 aromatic heterocycles. The maximum Gasteiger partial charge on any atom is 0.225 e. The molecule has 1 N–H and O–H groups in total. The number of aromatic nitrogens is 2. The van der Waals surface area contributed by atoms with Crippen LogP contribution in [0.3, 0.4) is 0 Å². The number of anilines is 1. The van der Waals surface area contributed by atoms with E-state index < -0.39 is 0 Å². The minimum absolute atomic E-state index is 0.00560. The predicted molar refractivity (Wildman–Crippen MR) is 124 cm³/mol. The van der Waals surface area contributed by atoms with Gasteiger partial charge in [0.2, 0.25) is 11.9 Å². The maximum absolute atomic E-state index is 13.5. The Morgan fingerprint density at radius 3 is 2.67 bits per heavy atom. The highest BCUT2D eigenvalue weighted by molar-refractivity contribution is 5.79. The molecule has 1 aliphatic rings. The summed E-state index contributed by atoms with van der Waals surface area (Å²) in [7, 11) is 3.20. The fraction of sp³-hybridized carbons (Fsp3) is 0.320. The molecular weight excluding hydrogens is 423 g/mol. The average Bonchev–Trinajstić information content (AvgIpc) is 2.87. The van der Waals surface area contributed by atoms with Gasteiger partial charge in [0.05, 0.1) is 20.1 Å². The molecule has 0 bridgehead atoms. The number of carbonyl (C=O) groups is 1. The summed E-state index contributed by atoms with van der Waals surface area (Å²) in [6.45, 7) is 1.71. The molecule has 33 heavy (non-hydrogen) atoms. The highest BCUT2D eigenvalue weighted by Crippen LogP contribution is 2.26. The van der Waals surface area contributed by atoms with Gasteiger partial charge in [-0.1, -0.05) is 12.1 Å². The summed E-state index contributed by atoms with van der Waals surface area (Å²) in [5.74, 6) is 1.49. The molecule has 0 spiro atoms. The third-order valence-electron chi connectivity index (χ3n) is 5.82. The highest BCUT2D eigenvalue weighted by Gasteiger charge is 2.27. The van der Waals surface area contributed by atoms with Crippen molar-refractivity contribution in [2.24, 2.45) is 5.92 Å². The summed E-state index contributed by atoms with van der Waals surface area (Å²) >= 11 is 0. The minimum Gasteiger partial charge on any atom is -0.497 e. The first-order valence-electron chi connectivity index (χ1n) is 10.9. The van der Waals surface area contributed by atoms with Gasteiger partial charge in [-0.25, -0.2) is 14.4 Å². The number of rotatable bonds is 7. The number of nitrogens with one attached hydrogen (secondary N) is 1. The monoisotopic (exact) mass is 450 g/mol. The van der Waals surface area contributed by atoms with Crippen molar-refractivity contribution in [1.82, 2.24) is 15.3 Å². The van der Waals surface area contributed by atoms with E-state index in [1.54, 1.807) is 38.7 Å². The number of nitrogens with zero attached hydrogens (tertiary/aromatic N) is 3. The van der Waals surface area contributed by atoms with Crippen LogP contribution in [0.5, 0.6) is 11.5 Å². The zero-order valence-corrected chi connectivity index (χ0v) is 18.8. The van der Waals surface area contributed by atoms with Gasteiger partial charge >= 0.3 is 0 Å². The Morgan fingerprint density at radius 1 is 1.12 bits per heavy atom. The second-order valence-corrected chi connectivity index (χ2v) is 7.96. The molecule has 8 heteroatoms. The summed E-state index contributed by atoms with van der Waals surface area (Å²) in [6, 6.07) is 11.9. The van der Waals surface area contributed by atoms with Gasteiger partial charge in [-0.05, 0) is 42.7 Å². The van der Waals surface area contributed by atoms with Gasteiger partial charge < -0.3 is 19.7 Å². The topological polar surface area (TPSA) is 76.6 Å². The van der Waals surface area contributed by atoms with Crippen molar-refractivity contribution in [2.75, 3.05) is 32.2 Å². The minimum atomic E-state index is -0.297. The number of piperidine rings is 1. The molecule has 2 heterocycles. The molecule has 1 saturated heterocycles. The molecule has 1 atom stereocenters. The van der Waals surface area contributed by atoms with Gasteiger partial charge in [0.25, 0.3) is 0 Å². The highest BCUT2D eigenvalue weighted by atomic mass is 19.1.